The summed E-state index contributed by atoms with van der Waals surface area (Å²) in [7, 11) is 0. The number of hydrogen-bond donors (Lipinski definition) is 3. The lowest BCUT2D eigenvalue weighted by molar-refractivity contribution is -0.121. The second-order valence-corrected chi connectivity index (χ2v) is 6.90. The third-order valence-corrected chi connectivity index (χ3v) is 4.52. The van der Waals surface area contributed by atoms with E-state index < -0.39 is 0 Å². The second kappa shape index (κ2) is 14.5. The highest BCUT2D eigenvalue weighted by Crippen LogP contribution is 2.18. The van der Waals surface area contributed by atoms with Gasteiger partial charge in [-0.15, -0.1) is 24.0 Å². The lowest BCUT2D eigenvalue weighted by Gasteiger charge is -2.22. The molecule has 0 spiro atoms. The number of rotatable bonds is 12. The average Bonchev–Trinajstić information content (AvgIpc) is 3.49. The third kappa shape index (κ3) is 10.1. The molecule has 1 saturated carbocycles. The molecule has 0 heterocycles. The number of nitrogens with one attached hydrogen (secondary N) is 3. The van der Waals surface area contributed by atoms with Crippen LogP contribution < -0.4 is 20.9 Å². The first-order valence-electron chi connectivity index (χ1n) is 10.3. The minimum atomic E-state index is 0. The highest BCUT2D eigenvalue weighted by atomic mass is 127. The Morgan fingerprint density at radius 2 is 1.89 bits per heavy atom. The molecule has 0 radical (unpaired) electrons. The highest BCUT2D eigenvalue weighted by Gasteiger charge is 2.22. The lowest BCUT2D eigenvalue weighted by Crippen LogP contribution is -2.38. The number of hydrogen-bond acceptors (Lipinski definition) is 3. The summed E-state index contributed by atoms with van der Waals surface area (Å²) in [5.74, 6) is 1.00. The zero-order chi connectivity index (χ0) is 19.3. The van der Waals surface area contributed by atoms with E-state index in [4.69, 9.17) is 0 Å². The number of aliphatic imine (C=N–C) groups is 1. The molecule has 1 aliphatic carbocycles. The van der Waals surface area contributed by atoms with Gasteiger partial charge in [-0.2, -0.15) is 0 Å². The molecule has 1 fully saturated rings. The summed E-state index contributed by atoms with van der Waals surface area (Å²) < 4.78 is 0. The van der Waals surface area contributed by atoms with Gasteiger partial charge in [-0.05, 0) is 51.7 Å². The normalized spacial score (nSPS) is 13.4. The Kier molecular flexibility index (Phi) is 12.7. The molecule has 2 rings (SSSR count). The van der Waals surface area contributed by atoms with Crippen molar-refractivity contribution < 1.29 is 4.79 Å². The SMILES string of the molecule is CCNC(=NCCCN(CC)c1ccccc1)NCCCC(=O)NC1CC1.I. The van der Waals surface area contributed by atoms with E-state index in [0.717, 1.165) is 64.4 Å². The van der Waals surface area contributed by atoms with Gasteiger partial charge in [0.15, 0.2) is 5.96 Å². The van der Waals surface area contributed by atoms with Gasteiger partial charge in [0, 0.05) is 50.9 Å². The van der Waals surface area contributed by atoms with Crippen molar-refractivity contribution in [2.24, 2.45) is 4.99 Å². The minimum Gasteiger partial charge on any atom is -0.372 e. The smallest absolute Gasteiger partial charge is 0.220 e. The van der Waals surface area contributed by atoms with Crippen molar-refractivity contribution in [1.82, 2.24) is 16.0 Å². The minimum absolute atomic E-state index is 0. The molecular weight excluding hydrogens is 465 g/mol. The number of halogens is 1. The van der Waals surface area contributed by atoms with Gasteiger partial charge in [-0.1, -0.05) is 18.2 Å². The number of anilines is 1. The maximum absolute atomic E-state index is 11.7. The van der Waals surface area contributed by atoms with Crippen molar-refractivity contribution in [1.29, 1.82) is 0 Å². The monoisotopic (exact) mass is 501 g/mol. The van der Waals surface area contributed by atoms with E-state index in [2.05, 4.69) is 64.0 Å². The fraction of sp³-hybridized carbons (Fsp3) is 0.619. The lowest BCUT2D eigenvalue weighted by atomic mass is 10.2. The quantitative estimate of drug-likeness (QED) is 0.178. The van der Waals surface area contributed by atoms with Gasteiger partial charge in [-0.3, -0.25) is 9.79 Å². The van der Waals surface area contributed by atoms with Crippen LogP contribution in [0.25, 0.3) is 0 Å². The van der Waals surface area contributed by atoms with E-state index in [1.807, 2.05) is 6.07 Å². The summed E-state index contributed by atoms with van der Waals surface area (Å²) in [6, 6.07) is 11.0. The van der Waals surface area contributed by atoms with Crippen LogP contribution in [0, 0.1) is 0 Å². The fourth-order valence-corrected chi connectivity index (χ4v) is 2.89. The van der Waals surface area contributed by atoms with Crippen molar-refractivity contribution in [2.45, 2.75) is 52.0 Å². The zero-order valence-electron chi connectivity index (χ0n) is 17.2. The number of carbonyl (C=O) groups excluding carboxylic acids is 1. The van der Waals surface area contributed by atoms with E-state index in [1.165, 1.54) is 5.69 Å². The maximum atomic E-state index is 11.7. The van der Waals surface area contributed by atoms with E-state index in [-0.39, 0.29) is 29.9 Å². The molecular formula is C21H36IN5O. The molecule has 0 aromatic heterocycles. The first kappa shape index (κ1) is 24.5. The molecule has 1 amide bonds. The Morgan fingerprint density at radius 3 is 2.54 bits per heavy atom. The first-order valence-corrected chi connectivity index (χ1v) is 10.3. The van der Waals surface area contributed by atoms with Gasteiger partial charge in [0.05, 0.1) is 0 Å². The van der Waals surface area contributed by atoms with Gasteiger partial charge in [0.1, 0.15) is 0 Å². The summed E-state index contributed by atoms with van der Waals surface area (Å²) in [5, 5.41) is 9.62. The Hall–Kier alpha value is -1.51. The number of para-hydroxylation sites is 1. The van der Waals surface area contributed by atoms with Crippen LogP contribution in [0.4, 0.5) is 5.69 Å². The number of guanidine groups is 1. The molecule has 3 N–H and O–H groups in total. The average molecular weight is 501 g/mol. The summed E-state index contributed by atoms with van der Waals surface area (Å²) in [4.78, 5) is 18.7. The molecule has 0 bridgehead atoms. The van der Waals surface area contributed by atoms with Crippen molar-refractivity contribution in [3.05, 3.63) is 30.3 Å². The topological polar surface area (TPSA) is 68.8 Å². The predicted octanol–water partition coefficient (Wildman–Crippen LogP) is 3.13. The Morgan fingerprint density at radius 1 is 1.14 bits per heavy atom. The molecule has 7 heteroatoms. The number of carbonyl (C=O) groups is 1. The standard InChI is InChI=1S/C21H35N5O.HI/c1-3-22-21(23-15-8-12-20(27)25-18-13-14-18)24-16-9-17-26(4-2)19-10-6-5-7-11-19;/h5-7,10-11,18H,3-4,8-9,12-17H2,1-2H3,(H,25,27)(H2,22,23,24);1H. The van der Waals surface area contributed by atoms with Crippen molar-refractivity contribution in [3.8, 4) is 0 Å². The Bertz CT molecular complexity index is 577. The van der Waals surface area contributed by atoms with Gasteiger partial charge >= 0.3 is 0 Å². The number of amides is 1. The zero-order valence-corrected chi connectivity index (χ0v) is 19.6. The van der Waals surface area contributed by atoms with Gasteiger partial charge in [0.25, 0.3) is 0 Å². The van der Waals surface area contributed by atoms with Crippen LogP contribution in [0.5, 0.6) is 0 Å². The van der Waals surface area contributed by atoms with Gasteiger partial charge in [0.2, 0.25) is 5.91 Å². The van der Waals surface area contributed by atoms with Crippen LogP contribution >= 0.6 is 24.0 Å². The highest BCUT2D eigenvalue weighted by molar-refractivity contribution is 14.0. The molecule has 1 aromatic rings. The van der Waals surface area contributed by atoms with Crippen molar-refractivity contribution in [3.63, 3.8) is 0 Å². The van der Waals surface area contributed by atoms with Gasteiger partial charge in [-0.25, -0.2) is 0 Å². The number of nitrogens with zero attached hydrogens (tertiary/aromatic N) is 2. The number of benzene rings is 1. The van der Waals surface area contributed by atoms with E-state index in [1.54, 1.807) is 0 Å². The molecule has 0 saturated heterocycles. The fourth-order valence-electron chi connectivity index (χ4n) is 2.89. The largest absolute Gasteiger partial charge is 0.372 e. The molecule has 1 aliphatic rings. The third-order valence-electron chi connectivity index (χ3n) is 4.52. The molecule has 158 valence electrons. The van der Waals surface area contributed by atoms with Crippen LogP contribution in [0.15, 0.2) is 35.3 Å². The van der Waals surface area contributed by atoms with Crippen molar-refractivity contribution >= 4 is 41.5 Å². The predicted molar refractivity (Wildman–Crippen MR) is 129 cm³/mol. The molecule has 0 aliphatic heterocycles. The molecule has 0 unspecified atom stereocenters. The molecule has 1 aromatic carbocycles. The van der Waals surface area contributed by atoms with Crippen LogP contribution in [0.3, 0.4) is 0 Å². The van der Waals surface area contributed by atoms with Crippen LogP contribution in [0.1, 0.15) is 46.0 Å². The van der Waals surface area contributed by atoms with Crippen LogP contribution in [-0.4, -0.2) is 50.6 Å². The Labute approximate surface area is 187 Å². The van der Waals surface area contributed by atoms with E-state index in [0.29, 0.717) is 12.5 Å². The summed E-state index contributed by atoms with van der Waals surface area (Å²) >= 11 is 0. The van der Waals surface area contributed by atoms with Crippen LogP contribution in [-0.2, 0) is 4.79 Å². The summed E-state index contributed by atoms with van der Waals surface area (Å²) in [6.45, 7) is 8.60. The molecule has 0 atom stereocenters. The van der Waals surface area contributed by atoms with Crippen LogP contribution in [0.2, 0.25) is 0 Å². The molecule has 28 heavy (non-hydrogen) atoms. The second-order valence-electron chi connectivity index (χ2n) is 6.90. The van der Waals surface area contributed by atoms with Crippen molar-refractivity contribution in [2.75, 3.05) is 37.6 Å². The van der Waals surface area contributed by atoms with E-state index in [9.17, 15) is 4.79 Å². The summed E-state index contributed by atoms with van der Waals surface area (Å²) in [6.07, 6.45) is 4.68. The van der Waals surface area contributed by atoms with Gasteiger partial charge < -0.3 is 20.9 Å². The summed E-state index contributed by atoms with van der Waals surface area (Å²) in [5.41, 5.74) is 1.26. The Balaban J connectivity index is 0.00000392. The van der Waals surface area contributed by atoms with E-state index >= 15 is 0 Å². The first-order chi connectivity index (χ1) is 13.2. The molecule has 6 nitrogen and oxygen atoms in total. The maximum Gasteiger partial charge on any atom is 0.220 e.